The van der Waals surface area contributed by atoms with Gasteiger partial charge in [0.2, 0.25) is 0 Å². The van der Waals surface area contributed by atoms with Crippen molar-refractivity contribution in [3.05, 3.63) is 35.9 Å². The lowest BCUT2D eigenvalue weighted by atomic mass is 9.77. The fourth-order valence-electron chi connectivity index (χ4n) is 1.56. The molecule has 1 N–H and O–H groups in total. The molecule has 0 unspecified atom stereocenters. The molecule has 0 fully saturated rings. The van der Waals surface area contributed by atoms with Gasteiger partial charge in [0.05, 0.1) is 6.61 Å². The molecule has 13 heavy (non-hydrogen) atoms. The van der Waals surface area contributed by atoms with E-state index >= 15 is 0 Å². The highest BCUT2D eigenvalue weighted by Gasteiger charge is 2.24. The predicted molar refractivity (Wildman–Crippen MR) is 55.7 cm³/mol. The van der Waals surface area contributed by atoms with Gasteiger partial charge in [-0.1, -0.05) is 51.1 Å². The zero-order chi connectivity index (χ0) is 9.90. The van der Waals surface area contributed by atoms with E-state index in [1.807, 2.05) is 18.2 Å². The number of aliphatic hydroxyl groups is 1. The van der Waals surface area contributed by atoms with Gasteiger partial charge in [-0.2, -0.15) is 0 Å². The third-order valence-electron chi connectivity index (χ3n) is 2.43. The molecule has 0 radical (unpaired) electrons. The van der Waals surface area contributed by atoms with Gasteiger partial charge in [-0.15, -0.1) is 0 Å². The van der Waals surface area contributed by atoms with Crippen molar-refractivity contribution in [1.82, 2.24) is 0 Å². The number of hydrogen-bond acceptors (Lipinski definition) is 1. The third-order valence-corrected chi connectivity index (χ3v) is 2.43. The molecule has 0 heterocycles. The van der Waals surface area contributed by atoms with Crippen LogP contribution in [0.15, 0.2) is 30.3 Å². The zero-order valence-corrected chi connectivity index (χ0v) is 8.62. The molecule has 1 aromatic carbocycles. The Hall–Kier alpha value is -0.820. The van der Waals surface area contributed by atoms with E-state index in [4.69, 9.17) is 0 Å². The van der Waals surface area contributed by atoms with Crippen molar-refractivity contribution in [2.75, 3.05) is 6.61 Å². The maximum absolute atomic E-state index is 9.32. The normalized spacial score (nSPS) is 14.2. The van der Waals surface area contributed by atoms with Crippen LogP contribution in [0.25, 0.3) is 0 Å². The summed E-state index contributed by atoms with van der Waals surface area (Å²) in [4.78, 5) is 0. The summed E-state index contributed by atoms with van der Waals surface area (Å²) >= 11 is 0. The Labute approximate surface area is 80.4 Å². The van der Waals surface area contributed by atoms with Crippen LogP contribution in [0.5, 0.6) is 0 Å². The molecule has 0 amide bonds. The van der Waals surface area contributed by atoms with Crippen LogP contribution in [0.1, 0.15) is 32.3 Å². The molecular formula is C12H18O. The maximum atomic E-state index is 9.32. The van der Waals surface area contributed by atoms with Gasteiger partial charge >= 0.3 is 0 Å². The average Bonchev–Trinajstić information content (AvgIpc) is 2.05. The molecule has 0 spiro atoms. The van der Waals surface area contributed by atoms with Crippen molar-refractivity contribution in [1.29, 1.82) is 0 Å². The summed E-state index contributed by atoms with van der Waals surface area (Å²) in [6.45, 7) is 6.68. The Morgan fingerprint density at radius 1 is 1.15 bits per heavy atom. The zero-order valence-electron chi connectivity index (χ0n) is 8.62. The predicted octanol–water partition coefficient (Wildman–Crippen LogP) is 2.81. The van der Waals surface area contributed by atoms with Gasteiger partial charge in [0.25, 0.3) is 0 Å². The van der Waals surface area contributed by atoms with Gasteiger partial charge < -0.3 is 5.11 Å². The van der Waals surface area contributed by atoms with Gasteiger partial charge in [0, 0.05) is 5.92 Å². The van der Waals surface area contributed by atoms with E-state index in [9.17, 15) is 5.11 Å². The Balaban J connectivity index is 2.92. The second-order valence-electron chi connectivity index (χ2n) is 4.51. The van der Waals surface area contributed by atoms with E-state index in [1.165, 1.54) is 5.56 Å². The first-order chi connectivity index (χ1) is 6.05. The summed E-state index contributed by atoms with van der Waals surface area (Å²) in [5, 5.41) is 9.32. The fourth-order valence-corrected chi connectivity index (χ4v) is 1.56. The summed E-state index contributed by atoms with van der Waals surface area (Å²) in [5.74, 6) is 0.230. The van der Waals surface area contributed by atoms with Gasteiger partial charge in [-0.25, -0.2) is 0 Å². The number of aliphatic hydroxyl groups excluding tert-OH is 1. The molecule has 1 heteroatoms. The number of hydrogen-bond donors (Lipinski definition) is 1. The highest BCUT2D eigenvalue weighted by atomic mass is 16.3. The molecule has 0 aromatic heterocycles. The second-order valence-corrected chi connectivity index (χ2v) is 4.51. The maximum Gasteiger partial charge on any atom is 0.0504 e. The second kappa shape index (κ2) is 3.93. The molecule has 0 saturated carbocycles. The molecular weight excluding hydrogens is 160 g/mol. The van der Waals surface area contributed by atoms with Crippen LogP contribution in [0.3, 0.4) is 0 Å². The Kier molecular flexibility index (Phi) is 3.10. The monoisotopic (exact) mass is 178 g/mol. The third kappa shape index (κ3) is 2.56. The molecule has 1 nitrogen and oxygen atoms in total. The Morgan fingerprint density at radius 2 is 1.69 bits per heavy atom. The number of rotatable bonds is 2. The van der Waals surface area contributed by atoms with Crippen LogP contribution in [0.2, 0.25) is 0 Å². The summed E-state index contributed by atoms with van der Waals surface area (Å²) in [6.07, 6.45) is 0. The first-order valence-electron chi connectivity index (χ1n) is 4.71. The average molecular weight is 178 g/mol. The molecule has 1 aromatic rings. The van der Waals surface area contributed by atoms with Gasteiger partial charge in [-0.05, 0) is 11.0 Å². The van der Waals surface area contributed by atoms with Gasteiger partial charge in [0.15, 0.2) is 0 Å². The summed E-state index contributed by atoms with van der Waals surface area (Å²) < 4.78 is 0. The number of benzene rings is 1. The fraction of sp³-hybridized carbons (Fsp3) is 0.500. The highest BCUT2D eigenvalue weighted by molar-refractivity contribution is 5.21. The van der Waals surface area contributed by atoms with Crippen LogP contribution in [-0.4, -0.2) is 11.7 Å². The lowest BCUT2D eigenvalue weighted by Gasteiger charge is -2.29. The van der Waals surface area contributed by atoms with Crippen molar-refractivity contribution in [3.63, 3.8) is 0 Å². The molecule has 0 bridgehead atoms. The molecule has 0 aliphatic rings. The minimum absolute atomic E-state index is 0.121. The van der Waals surface area contributed by atoms with E-state index in [1.54, 1.807) is 0 Å². The summed E-state index contributed by atoms with van der Waals surface area (Å²) in [7, 11) is 0. The first-order valence-corrected chi connectivity index (χ1v) is 4.71. The Morgan fingerprint density at radius 3 is 2.08 bits per heavy atom. The highest BCUT2D eigenvalue weighted by Crippen LogP contribution is 2.34. The van der Waals surface area contributed by atoms with E-state index in [0.717, 1.165) is 0 Å². The lowest BCUT2D eigenvalue weighted by molar-refractivity contribution is 0.187. The van der Waals surface area contributed by atoms with Crippen molar-refractivity contribution in [2.24, 2.45) is 5.41 Å². The molecule has 0 aliphatic carbocycles. The SMILES string of the molecule is CC(C)(C)[C@H](CO)c1ccccc1. The minimum Gasteiger partial charge on any atom is -0.396 e. The quantitative estimate of drug-likeness (QED) is 0.738. The van der Waals surface area contributed by atoms with Gasteiger partial charge in [0.1, 0.15) is 0 Å². The molecule has 0 saturated heterocycles. The van der Waals surface area contributed by atoms with Crippen molar-refractivity contribution < 1.29 is 5.11 Å². The largest absolute Gasteiger partial charge is 0.396 e. The van der Waals surface area contributed by atoms with E-state index in [0.29, 0.717) is 0 Å². The molecule has 1 atom stereocenters. The van der Waals surface area contributed by atoms with Crippen LogP contribution in [0.4, 0.5) is 0 Å². The van der Waals surface area contributed by atoms with Crippen LogP contribution in [0, 0.1) is 5.41 Å². The molecule has 72 valence electrons. The van der Waals surface area contributed by atoms with E-state index < -0.39 is 0 Å². The smallest absolute Gasteiger partial charge is 0.0504 e. The Bertz CT molecular complexity index is 246. The van der Waals surface area contributed by atoms with Crippen molar-refractivity contribution in [2.45, 2.75) is 26.7 Å². The summed E-state index contributed by atoms with van der Waals surface area (Å²) in [5.41, 5.74) is 1.34. The van der Waals surface area contributed by atoms with Crippen LogP contribution < -0.4 is 0 Å². The van der Waals surface area contributed by atoms with Gasteiger partial charge in [-0.3, -0.25) is 0 Å². The lowest BCUT2D eigenvalue weighted by Crippen LogP contribution is -2.21. The topological polar surface area (TPSA) is 20.2 Å². The van der Waals surface area contributed by atoms with E-state index in [2.05, 4.69) is 32.9 Å². The minimum atomic E-state index is 0.121. The van der Waals surface area contributed by atoms with Crippen LogP contribution >= 0.6 is 0 Å². The van der Waals surface area contributed by atoms with Crippen molar-refractivity contribution in [3.8, 4) is 0 Å². The first kappa shape index (κ1) is 10.3. The van der Waals surface area contributed by atoms with Crippen molar-refractivity contribution >= 4 is 0 Å². The molecule has 1 rings (SSSR count). The van der Waals surface area contributed by atoms with E-state index in [-0.39, 0.29) is 17.9 Å². The molecule has 0 aliphatic heterocycles. The van der Waals surface area contributed by atoms with Crippen LogP contribution in [-0.2, 0) is 0 Å². The summed E-state index contributed by atoms with van der Waals surface area (Å²) in [6, 6.07) is 10.2. The standard InChI is InChI=1S/C12H18O/c1-12(2,3)11(9-13)10-7-5-4-6-8-10/h4-8,11,13H,9H2,1-3H3/t11-/m1/s1.